The van der Waals surface area contributed by atoms with E-state index in [1.807, 2.05) is 18.2 Å². The minimum Gasteiger partial charge on any atom is -0.497 e. The molecule has 2 aromatic rings. The van der Waals surface area contributed by atoms with Crippen molar-refractivity contribution in [3.63, 3.8) is 0 Å². The minimum atomic E-state index is -0.273. The number of nitrogens with zero attached hydrogens (tertiary/aromatic N) is 2. The molecule has 0 saturated carbocycles. The molecule has 0 atom stereocenters. The van der Waals surface area contributed by atoms with Crippen LogP contribution in [0.1, 0.15) is 40.9 Å². The number of hydrogen-bond acceptors (Lipinski definition) is 3. The van der Waals surface area contributed by atoms with Crippen LogP contribution in [-0.4, -0.2) is 17.9 Å². The first kappa shape index (κ1) is 14.6. The summed E-state index contributed by atoms with van der Waals surface area (Å²) in [6, 6.07) is 7.44. The Kier molecular flexibility index (Phi) is 2.92. The summed E-state index contributed by atoms with van der Waals surface area (Å²) in [7, 11) is 1.63. The van der Waals surface area contributed by atoms with Crippen molar-refractivity contribution in [2.45, 2.75) is 25.7 Å². The molecule has 0 unspecified atom stereocenters. The lowest BCUT2D eigenvalue weighted by Gasteiger charge is -2.34. The van der Waals surface area contributed by atoms with Crippen LogP contribution in [0.2, 0.25) is 0 Å². The maximum Gasteiger partial charge on any atom is 0.269 e. The first-order chi connectivity index (χ1) is 11.5. The summed E-state index contributed by atoms with van der Waals surface area (Å²) >= 11 is 0. The Morgan fingerprint density at radius 1 is 1.25 bits per heavy atom. The van der Waals surface area contributed by atoms with Crippen LogP contribution in [0.3, 0.4) is 0 Å². The number of Topliss-reactive ketones (excluding diaryl/α,β-unsaturated/α-hetero) is 1. The van der Waals surface area contributed by atoms with Crippen molar-refractivity contribution in [1.82, 2.24) is 4.98 Å². The van der Waals surface area contributed by atoms with Crippen molar-refractivity contribution in [2.75, 3.05) is 7.11 Å². The van der Waals surface area contributed by atoms with E-state index in [4.69, 9.17) is 11.3 Å². The largest absolute Gasteiger partial charge is 0.497 e. The number of hydrogen-bond donors (Lipinski definition) is 0. The number of ether oxygens (including phenoxy) is 1. The summed E-state index contributed by atoms with van der Waals surface area (Å²) in [6.45, 7) is 11.4. The summed E-state index contributed by atoms with van der Waals surface area (Å²) in [5, 5.41) is 0. The topological polar surface area (TPSA) is 43.5 Å². The average Bonchev–Trinajstić information content (AvgIpc) is 2.99. The van der Waals surface area contributed by atoms with Crippen molar-refractivity contribution >= 4 is 17.2 Å². The van der Waals surface area contributed by atoms with Crippen LogP contribution in [0.25, 0.3) is 10.4 Å². The zero-order valence-electron chi connectivity index (χ0n) is 13.8. The second kappa shape index (κ2) is 4.78. The van der Waals surface area contributed by atoms with E-state index in [0.29, 0.717) is 12.2 Å². The molecule has 118 valence electrons. The van der Waals surface area contributed by atoms with E-state index in [0.717, 1.165) is 39.1 Å². The molecule has 1 aromatic heterocycles. The van der Waals surface area contributed by atoms with Gasteiger partial charge in [0.25, 0.3) is 5.82 Å². The van der Waals surface area contributed by atoms with E-state index in [9.17, 15) is 4.79 Å². The molecule has 1 heterocycles. The number of methoxy groups -OCH3 is 1. The molecule has 24 heavy (non-hydrogen) atoms. The van der Waals surface area contributed by atoms with Gasteiger partial charge in [0, 0.05) is 22.1 Å². The SMILES string of the molecule is [C-]#[N+]c1cc2c(cn1)C1=C(C2)C(C)(C)c2cc(OC)ccc2C1=O. The molecule has 2 aliphatic carbocycles. The molecular weight excluding hydrogens is 300 g/mol. The highest BCUT2D eigenvalue weighted by molar-refractivity contribution is 6.32. The smallest absolute Gasteiger partial charge is 0.269 e. The zero-order chi connectivity index (χ0) is 17.1. The number of allylic oxidation sites excluding steroid dienone is 2. The third-order valence-electron chi connectivity index (χ3n) is 5.15. The zero-order valence-corrected chi connectivity index (χ0v) is 13.8. The number of aromatic nitrogens is 1. The van der Waals surface area contributed by atoms with Gasteiger partial charge in [0.15, 0.2) is 5.78 Å². The third-order valence-corrected chi connectivity index (χ3v) is 5.15. The Balaban J connectivity index is 1.94. The van der Waals surface area contributed by atoms with Gasteiger partial charge in [-0.05, 0) is 47.4 Å². The van der Waals surface area contributed by atoms with Gasteiger partial charge >= 0.3 is 0 Å². The molecule has 0 radical (unpaired) electrons. The van der Waals surface area contributed by atoms with Crippen molar-refractivity contribution < 1.29 is 9.53 Å². The monoisotopic (exact) mass is 316 g/mol. The van der Waals surface area contributed by atoms with Gasteiger partial charge in [-0.15, -0.1) is 4.98 Å². The van der Waals surface area contributed by atoms with Gasteiger partial charge in [0.2, 0.25) is 0 Å². The molecule has 0 spiro atoms. The van der Waals surface area contributed by atoms with Gasteiger partial charge in [-0.2, -0.15) is 0 Å². The fourth-order valence-electron chi connectivity index (χ4n) is 3.81. The molecular formula is C20H16N2O2. The van der Waals surface area contributed by atoms with Gasteiger partial charge in [-0.25, -0.2) is 0 Å². The van der Waals surface area contributed by atoms with Crippen LogP contribution >= 0.6 is 0 Å². The van der Waals surface area contributed by atoms with Crippen molar-refractivity contribution in [3.8, 4) is 5.75 Å². The normalized spacial score (nSPS) is 17.0. The van der Waals surface area contributed by atoms with Crippen molar-refractivity contribution in [1.29, 1.82) is 0 Å². The molecule has 1 aromatic carbocycles. The van der Waals surface area contributed by atoms with Gasteiger partial charge in [-0.3, -0.25) is 4.79 Å². The summed E-state index contributed by atoms with van der Waals surface area (Å²) in [4.78, 5) is 20.7. The number of rotatable bonds is 1. The molecule has 0 amide bonds. The number of ketones is 1. The number of fused-ring (bicyclic) bond motifs is 3. The van der Waals surface area contributed by atoms with E-state index in [1.54, 1.807) is 19.4 Å². The first-order valence-corrected chi connectivity index (χ1v) is 7.81. The minimum absolute atomic E-state index is 0.0399. The highest BCUT2D eigenvalue weighted by atomic mass is 16.5. The molecule has 4 rings (SSSR count). The summed E-state index contributed by atoms with van der Waals surface area (Å²) in [5.74, 6) is 1.17. The van der Waals surface area contributed by atoms with E-state index < -0.39 is 0 Å². The number of carbonyl (C=O) groups is 1. The van der Waals surface area contributed by atoms with Crippen LogP contribution < -0.4 is 4.74 Å². The van der Waals surface area contributed by atoms with Gasteiger partial charge in [0.1, 0.15) is 11.9 Å². The second-order valence-electron chi connectivity index (χ2n) is 6.71. The lowest BCUT2D eigenvalue weighted by atomic mass is 9.68. The predicted octanol–water partition coefficient (Wildman–Crippen LogP) is 4.12. The van der Waals surface area contributed by atoms with Gasteiger partial charge in [0.05, 0.1) is 7.11 Å². The molecule has 0 fully saturated rings. The van der Waals surface area contributed by atoms with Crippen LogP contribution in [-0.2, 0) is 11.8 Å². The molecule has 4 heteroatoms. The van der Waals surface area contributed by atoms with Crippen LogP contribution in [0, 0.1) is 6.57 Å². The number of carbonyl (C=O) groups excluding carboxylic acids is 1. The molecule has 4 nitrogen and oxygen atoms in total. The fourth-order valence-corrected chi connectivity index (χ4v) is 3.81. The molecule has 0 bridgehead atoms. The Morgan fingerprint density at radius 2 is 2.04 bits per heavy atom. The standard InChI is InChI=1S/C20H16N2O2/c1-20(2)15-9-12(24-4)5-6-13(15)19(23)18-14-10-22-17(21-3)8-11(14)7-16(18)20/h5-6,8-10H,7H2,1-2,4H3. The molecule has 0 aliphatic heterocycles. The van der Waals surface area contributed by atoms with Gasteiger partial charge in [-0.1, -0.05) is 20.4 Å². The Bertz CT molecular complexity index is 978. The lowest BCUT2D eigenvalue weighted by Crippen LogP contribution is -2.29. The maximum absolute atomic E-state index is 13.1. The lowest BCUT2D eigenvalue weighted by molar-refractivity contribution is 0.105. The van der Waals surface area contributed by atoms with Gasteiger partial charge < -0.3 is 9.58 Å². The molecule has 2 aliphatic rings. The summed E-state index contributed by atoms with van der Waals surface area (Å²) in [6.07, 6.45) is 2.36. The van der Waals surface area contributed by atoms with E-state index >= 15 is 0 Å². The number of benzene rings is 1. The highest BCUT2D eigenvalue weighted by Gasteiger charge is 2.43. The predicted molar refractivity (Wildman–Crippen MR) is 91.5 cm³/mol. The second-order valence-corrected chi connectivity index (χ2v) is 6.71. The number of pyridine rings is 1. The van der Waals surface area contributed by atoms with Crippen molar-refractivity contribution in [3.05, 3.63) is 69.7 Å². The van der Waals surface area contributed by atoms with E-state index in [1.165, 1.54) is 0 Å². The molecule has 0 saturated heterocycles. The fraction of sp³-hybridized carbons (Fsp3) is 0.250. The Hall–Kier alpha value is -2.93. The average molecular weight is 316 g/mol. The summed E-state index contributed by atoms with van der Waals surface area (Å²) < 4.78 is 5.34. The Labute approximate surface area is 140 Å². The quantitative estimate of drug-likeness (QED) is 0.743. The summed E-state index contributed by atoms with van der Waals surface area (Å²) in [5.41, 5.74) is 5.20. The Morgan fingerprint density at radius 3 is 2.75 bits per heavy atom. The van der Waals surface area contributed by atoms with Crippen LogP contribution in [0.5, 0.6) is 5.75 Å². The van der Waals surface area contributed by atoms with Crippen molar-refractivity contribution in [2.24, 2.45) is 0 Å². The van der Waals surface area contributed by atoms with E-state index in [2.05, 4.69) is 23.7 Å². The third kappa shape index (κ3) is 1.78. The van der Waals surface area contributed by atoms with Crippen LogP contribution in [0.4, 0.5) is 5.82 Å². The first-order valence-electron chi connectivity index (χ1n) is 7.81. The highest BCUT2D eigenvalue weighted by Crippen LogP contribution is 2.50. The maximum atomic E-state index is 13.1. The van der Waals surface area contributed by atoms with Crippen LogP contribution in [0.15, 0.2) is 36.0 Å². The van der Waals surface area contributed by atoms with E-state index in [-0.39, 0.29) is 11.2 Å². The molecule has 0 N–H and O–H groups in total.